The maximum absolute atomic E-state index is 13.8. The molecule has 10 heteroatoms. The minimum atomic E-state index is -3.62. The maximum Gasteiger partial charge on any atom is 0.253 e. The summed E-state index contributed by atoms with van der Waals surface area (Å²) in [6.45, 7) is 13.0. The summed E-state index contributed by atoms with van der Waals surface area (Å²) in [6, 6.07) is 13.7. The molecule has 2 unspecified atom stereocenters. The second-order valence-corrected chi connectivity index (χ2v) is 13.6. The van der Waals surface area contributed by atoms with Gasteiger partial charge in [-0.15, -0.1) is 10.8 Å². The Morgan fingerprint density at radius 2 is 1.58 bits per heavy atom. The standard InChI is InChI=1S/C35H52N4O5S/c1-7-11-20-39(37-45(43,44)26-27(5)6)25-33(40)32(23-28-16-13-12-14-17-28)36-34(41)30-21-29(15-8-2)22-31(24-30)35(42)38(18-9-3)19-10-4/h12-14,16-17,21-22,24,27,32-33,37,40H,7,9-11,18-20,23,25-26H2,1-6H3,(H,36,41). The number of sulfonamides is 1. The van der Waals surface area contributed by atoms with Gasteiger partial charge in [0.1, 0.15) is 0 Å². The Labute approximate surface area is 270 Å². The molecule has 0 aliphatic heterocycles. The van der Waals surface area contributed by atoms with E-state index in [1.54, 1.807) is 30.0 Å². The van der Waals surface area contributed by atoms with Gasteiger partial charge >= 0.3 is 0 Å². The van der Waals surface area contributed by atoms with Crippen LogP contribution in [0.15, 0.2) is 48.5 Å². The van der Waals surface area contributed by atoms with E-state index in [1.165, 1.54) is 5.01 Å². The van der Waals surface area contributed by atoms with Gasteiger partial charge in [-0.3, -0.25) is 9.59 Å². The van der Waals surface area contributed by atoms with E-state index in [4.69, 9.17) is 0 Å². The highest BCUT2D eigenvalue weighted by molar-refractivity contribution is 7.89. The first kappa shape index (κ1) is 38.0. The molecule has 2 atom stereocenters. The molecule has 3 N–H and O–H groups in total. The first-order chi connectivity index (χ1) is 21.4. The Bertz CT molecular complexity index is 1380. The van der Waals surface area contributed by atoms with E-state index in [0.29, 0.717) is 37.2 Å². The molecule has 0 aliphatic rings. The SMILES string of the molecule is CC#Cc1cc(C(=O)NC(Cc2ccccc2)C(O)CN(CCCC)NS(=O)(=O)CC(C)C)cc(C(=O)N(CCC)CCC)c1. The van der Waals surface area contributed by atoms with Gasteiger partial charge in [0.05, 0.1) is 17.9 Å². The fourth-order valence-electron chi connectivity index (χ4n) is 5.09. The number of aliphatic hydroxyl groups excluding tert-OH is 1. The first-order valence-corrected chi connectivity index (χ1v) is 17.7. The molecule has 0 bridgehead atoms. The van der Waals surface area contributed by atoms with Crippen LogP contribution in [0.2, 0.25) is 0 Å². The second kappa shape index (κ2) is 19.3. The number of carbonyl (C=O) groups excluding carboxylic acids is 2. The normalized spacial score (nSPS) is 12.8. The smallest absolute Gasteiger partial charge is 0.253 e. The van der Waals surface area contributed by atoms with Crippen molar-refractivity contribution < 1.29 is 23.1 Å². The number of nitrogens with zero attached hydrogens (tertiary/aromatic N) is 2. The number of carbonyl (C=O) groups is 2. The summed E-state index contributed by atoms with van der Waals surface area (Å²) in [5, 5.41) is 16.0. The minimum absolute atomic E-state index is 0.0246. The van der Waals surface area contributed by atoms with Crippen LogP contribution < -0.4 is 10.1 Å². The molecule has 0 spiro atoms. The van der Waals surface area contributed by atoms with Gasteiger partial charge in [-0.1, -0.05) is 77.3 Å². The molecule has 45 heavy (non-hydrogen) atoms. The first-order valence-electron chi connectivity index (χ1n) is 16.1. The summed E-state index contributed by atoms with van der Waals surface area (Å²) in [6.07, 6.45) is 2.40. The van der Waals surface area contributed by atoms with Crippen molar-refractivity contribution in [3.05, 3.63) is 70.8 Å². The van der Waals surface area contributed by atoms with Crippen LogP contribution in [0.4, 0.5) is 0 Å². The third-order valence-electron chi connectivity index (χ3n) is 7.08. The average Bonchev–Trinajstić information content (AvgIpc) is 2.98. The summed E-state index contributed by atoms with van der Waals surface area (Å²) in [5.41, 5.74) is 2.09. The molecule has 2 aromatic rings. The summed E-state index contributed by atoms with van der Waals surface area (Å²) < 4.78 is 25.6. The van der Waals surface area contributed by atoms with Crippen molar-refractivity contribution in [3.8, 4) is 11.8 Å². The predicted octanol–water partition coefficient (Wildman–Crippen LogP) is 4.61. The highest BCUT2D eigenvalue weighted by atomic mass is 32.2. The number of hydrogen-bond acceptors (Lipinski definition) is 6. The Hall–Kier alpha value is -3.23. The Balaban J connectivity index is 2.42. The van der Waals surface area contributed by atoms with Crippen molar-refractivity contribution in [2.24, 2.45) is 5.92 Å². The van der Waals surface area contributed by atoms with E-state index >= 15 is 0 Å². The van der Waals surface area contributed by atoms with E-state index in [2.05, 4.69) is 22.0 Å². The van der Waals surface area contributed by atoms with Crippen LogP contribution in [-0.2, 0) is 16.4 Å². The molecule has 248 valence electrons. The van der Waals surface area contributed by atoms with Crippen molar-refractivity contribution in [2.45, 2.75) is 85.8 Å². The Morgan fingerprint density at radius 1 is 0.933 bits per heavy atom. The quantitative estimate of drug-likeness (QED) is 0.152. The van der Waals surface area contributed by atoms with Crippen LogP contribution in [-0.4, -0.2) is 79.3 Å². The van der Waals surface area contributed by atoms with E-state index in [0.717, 1.165) is 31.2 Å². The number of hydrazine groups is 1. The monoisotopic (exact) mass is 640 g/mol. The number of aliphatic hydroxyl groups is 1. The Morgan fingerprint density at radius 3 is 2.16 bits per heavy atom. The molecule has 2 aromatic carbocycles. The number of rotatable bonds is 19. The fourth-order valence-corrected chi connectivity index (χ4v) is 6.60. The van der Waals surface area contributed by atoms with Crippen LogP contribution in [0.1, 0.15) is 99.1 Å². The third kappa shape index (κ3) is 13.3. The summed E-state index contributed by atoms with van der Waals surface area (Å²) in [4.78, 5) is 31.7. The topological polar surface area (TPSA) is 119 Å². The molecular weight excluding hydrogens is 588 g/mol. The lowest BCUT2D eigenvalue weighted by atomic mass is 9.99. The van der Waals surface area contributed by atoms with Crippen molar-refractivity contribution in [2.75, 3.05) is 31.9 Å². The molecule has 0 aromatic heterocycles. The molecule has 0 heterocycles. The maximum atomic E-state index is 13.8. The molecule has 9 nitrogen and oxygen atoms in total. The van der Waals surface area contributed by atoms with Gasteiger partial charge in [0.15, 0.2) is 0 Å². The zero-order chi connectivity index (χ0) is 33.4. The highest BCUT2D eigenvalue weighted by Gasteiger charge is 2.27. The lowest BCUT2D eigenvalue weighted by Crippen LogP contribution is -2.53. The van der Waals surface area contributed by atoms with Crippen LogP contribution in [0.5, 0.6) is 0 Å². The van der Waals surface area contributed by atoms with Gasteiger partial charge in [0.2, 0.25) is 10.0 Å². The van der Waals surface area contributed by atoms with Gasteiger partial charge in [0.25, 0.3) is 11.8 Å². The number of benzene rings is 2. The second-order valence-electron chi connectivity index (χ2n) is 11.9. The van der Waals surface area contributed by atoms with Crippen molar-refractivity contribution >= 4 is 21.8 Å². The van der Waals surface area contributed by atoms with Crippen LogP contribution in [0, 0.1) is 17.8 Å². The van der Waals surface area contributed by atoms with Crippen LogP contribution in [0.25, 0.3) is 0 Å². The zero-order valence-corrected chi connectivity index (χ0v) is 28.6. The molecular formula is C35H52N4O5S. The number of unbranched alkanes of at least 4 members (excludes halogenated alkanes) is 1. The number of amides is 2. The lowest BCUT2D eigenvalue weighted by molar-refractivity contribution is 0.0614. The van der Waals surface area contributed by atoms with Crippen molar-refractivity contribution in [1.29, 1.82) is 0 Å². The third-order valence-corrected chi connectivity index (χ3v) is 8.72. The van der Waals surface area contributed by atoms with Crippen LogP contribution in [0.3, 0.4) is 0 Å². The molecule has 0 saturated carbocycles. The van der Waals surface area contributed by atoms with Crippen LogP contribution >= 0.6 is 0 Å². The Kier molecular flexibility index (Phi) is 16.3. The van der Waals surface area contributed by atoms with E-state index in [9.17, 15) is 23.1 Å². The summed E-state index contributed by atoms with van der Waals surface area (Å²) in [5.74, 6) is 5.11. The molecule has 0 aliphatic carbocycles. The summed E-state index contributed by atoms with van der Waals surface area (Å²) in [7, 11) is -3.62. The van der Waals surface area contributed by atoms with Crippen molar-refractivity contribution in [3.63, 3.8) is 0 Å². The molecule has 0 radical (unpaired) electrons. The lowest BCUT2D eigenvalue weighted by Gasteiger charge is -2.30. The van der Waals surface area contributed by atoms with Gasteiger partial charge in [-0.25, -0.2) is 13.4 Å². The molecule has 0 saturated heterocycles. The van der Waals surface area contributed by atoms with Gasteiger partial charge in [0, 0.05) is 42.9 Å². The molecule has 2 amide bonds. The van der Waals surface area contributed by atoms with Gasteiger partial charge < -0.3 is 15.3 Å². The van der Waals surface area contributed by atoms with E-state index in [1.807, 2.05) is 65.0 Å². The molecule has 2 rings (SSSR count). The highest BCUT2D eigenvalue weighted by Crippen LogP contribution is 2.16. The largest absolute Gasteiger partial charge is 0.390 e. The van der Waals surface area contributed by atoms with Gasteiger partial charge in [-0.05, 0) is 62.3 Å². The zero-order valence-electron chi connectivity index (χ0n) is 27.8. The molecule has 0 fully saturated rings. The van der Waals surface area contributed by atoms with Crippen molar-refractivity contribution in [1.82, 2.24) is 20.1 Å². The average molecular weight is 641 g/mol. The van der Waals surface area contributed by atoms with E-state index < -0.39 is 28.1 Å². The predicted molar refractivity (Wildman–Crippen MR) is 181 cm³/mol. The van der Waals surface area contributed by atoms with Gasteiger partial charge in [-0.2, -0.15) is 0 Å². The number of nitrogens with one attached hydrogen (secondary N) is 2. The number of hydrogen-bond donors (Lipinski definition) is 3. The summed E-state index contributed by atoms with van der Waals surface area (Å²) >= 11 is 0. The minimum Gasteiger partial charge on any atom is -0.390 e. The fraction of sp³-hybridized carbons (Fsp3) is 0.543. The van der Waals surface area contributed by atoms with E-state index in [-0.39, 0.29) is 29.7 Å².